The predicted molar refractivity (Wildman–Crippen MR) is 147 cm³/mol. The van der Waals surface area contributed by atoms with Crippen molar-refractivity contribution in [1.29, 1.82) is 0 Å². The molecular formula is C30H30N4O2. The second kappa shape index (κ2) is 10.1. The lowest BCUT2D eigenvalue weighted by molar-refractivity contribution is 0.0747. The van der Waals surface area contributed by atoms with Crippen molar-refractivity contribution < 1.29 is 9.59 Å². The zero-order valence-corrected chi connectivity index (χ0v) is 20.6. The Hall–Kier alpha value is -4.32. The molecule has 4 aromatic carbocycles. The molecule has 0 bridgehead atoms. The van der Waals surface area contributed by atoms with Gasteiger partial charge >= 0.3 is 6.03 Å². The molecule has 4 aromatic rings. The summed E-state index contributed by atoms with van der Waals surface area (Å²) in [5.41, 5.74) is 5.54. The molecule has 36 heavy (non-hydrogen) atoms. The number of fused-ring (bicyclic) bond motifs is 1. The molecule has 6 heteroatoms. The van der Waals surface area contributed by atoms with Crippen LogP contribution < -0.4 is 15.5 Å². The fourth-order valence-electron chi connectivity index (χ4n) is 4.60. The summed E-state index contributed by atoms with van der Waals surface area (Å²) in [6, 6.07) is 27.4. The maximum atomic E-state index is 13.1. The van der Waals surface area contributed by atoms with Gasteiger partial charge in [-0.25, -0.2) is 4.79 Å². The standard InChI is InChI=1S/C30H30N4O2/c1-21-6-5-9-28(22(21)2)32-30(36)31-26-12-14-27(15-13-26)33-16-18-34(19-17-33)29(35)25-11-10-23-7-3-4-8-24(23)20-25/h3-15,20H,16-19H2,1-2H3,(H2,31,32,36). The Balaban J connectivity index is 1.16. The van der Waals surface area contributed by atoms with Gasteiger partial charge in [-0.2, -0.15) is 0 Å². The number of nitrogens with one attached hydrogen (secondary N) is 2. The minimum absolute atomic E-state index is 0.0785. The van der Waals surface area contributed by atoms with Gasteiger partial charge in [0.15, 0.2) is 0 Å². The third-order valence-corrected chi connectivity index (χ3v) is 6.91. The predicted octanol–water partition coefficient (Wildman–Crippen LogP) is 6.06. The van der Waals surface area contributed by atoms with Crippen LogP contribution >= 0.6 is 0 Å². The molecule has 0 spiro atoms. The van der Waals surface area contributed by atoms with Gasteiger partial charge in [0.1, 0.15) is 0 Å². The maximum absolute atomic E-state index is 13.1. The third-order valence-electron chi connectivity index (χ3n) is 6.91. The number of anilines is 3. The van der Waals surface area contributed by atoms with Crippen LogP contribution in [0.4, 0.5) is 21.9 Å². The number of carbonyl (C=O) groups excluding carboxylic acids is 2. The summed E-state index contributed by atoms with van der Waals surface area (Å²) in [6.07, 6.45) is 0. The van der Waals surface area contributed by atoms with E-state index in [1.807, 2.05) is 97.6 Å². The van der Waals surface area contributed by atoms with Crippen LogP contribution in [-0.4, -0.2) is 43.0 Å². The Kier molecular flexibility index (Phi) is 6.58. The lowest BCUT2D eigenvalue weighted by Crippen LogP contribution is -2.48. The largest absolute Gasteiger partial charge is 0.368 e. The van der Waals surface area contributed by atoms with E-state index in [1.165, 1.54) is 0 Å². The molecule has 1 saturated heterocycles. The van der Waals surface area contributed by atoms with Crippen molar-refractivity contribution in [2.45, 2.75) is 13.8 Å². The number of amides is 3. The van der Waals surface area contributed by atoms with Crippen molar-refractivity contribution in [3.63, 3.8) is 0 Å². The average molecular weight is 479 g/mol. The Morgan fingerprint density at radius 1 is 0.722 bits per heavy atom. The van der Waals surface area contributed by atoms with E-state index in [2.05, 4.69) is 21.6 Å². The highest BCUT2D eigenvalue weighted by molar-refractivity contribution is 6.00. The second-order valence-corrected chi connectivity index (χ2v) is 9.21. The number of carbonyl (C=O) groups is 2. The Labute approximate surface area is 211 Å². The van der Waals surface area contributed by atoms with Crippen LogP contribution in [-0.2, 0) is 0 Å². The highest BCUT2D eigenvalue weighted by Crippen LogP contribution is 2.22. The molecule has 0 saturated carbocycles. The number of hydrogen-bond acceptors (Lipinski definition) is 3. The number of nitrogens with zero attached hydrogens (tertiary/aromatic N) is 2. The molecule has 2 N–H and O–H groups in total. The van der Waals surface area contributed by atoms with E-state index < -0.39 is 0 Å². The van der Waals surface area contributed by atoms with Crippen LogP contribution in [0.25, 0.3) is 10.8 Å². The van der Waals surface area contributed by atoms with Crippen LogP contribution in [0.1, 0.15) is 21.5 Å². The fraction of sp³-hybridized carbons (Fsp3) is 0.200. The summed E-state index contributed by atoms with van der Waals surface area (Å²) < 4.78 is 0. The number of rotatable bonds is 4. The monoisotopic (exact) mass is 478 g/mol. The first-order chi connectivity index (χ1) is 17.5. The van der Waals surface area contributed by atoms with Gasteiger partial charge in [0.25, 0.3) is 5.91 Å². The molecule has 1 heterocycles. The summed E-state index contributed by atoms with van der Waals surface area (Å²) in [7, 11) is 0. The topological polar surface area (TPSA) is 64.7 Å². The van der Waals surface area contributed by atoms with Gasteiger partial charge in [-0.1, -0.05) is 42.5 Å². The first-order valence-electron chi connectivity index (χ1n) is 12.3. The van der Waals surface area contributed by atoms with E-state index in [9.17, 15) is 9.59 Å². The molecule has 5 rings (SSSR count). The van der Waals surface area contributed by atoms with E-state index in [0.29, 0.717) is 13.1 Å². The minimum atomic E-state index is -0.266. The van der Waals surface area contributed by atoms with Crippen LogP contribution in [0.2, 0.25) is 0 Å². The molecule has 1 aliphatic heterocycles. The van der Waals surface area contributed by atoms with Crippen LogP contribution in [0.3, 0.4) is 0 Å². The molecule has 182 valence electrons. The highest BCUT2D eigenvalue weighted by Gasteiger charge is 2.22. The number of urea groups is 1. The van der Waals surface area contributed by atoms with Crippen molar-refractivity contribution in [3.05, 3.63) is 102 Å². The van der Waals surface area contributed by atoms with Gasteiger partial charge in [0, 0.05) is 48.8 Å². The van der Waals surface area contributed by atoms with Gasteiger partial charge in [0.05, 0.1) is 0 Å². The maximum Gasteiger partial charge on any atom is 0.323 e. The summed E-state index contributed by atoms with van der Waals surface area (Å²) in [6.45, 7) is 6.89. The highest BCUT2D eigenvalue weighted by atomic mass is 16.2. The number of hydrogen-bond donors (Lipinski definition) is 2. The van der Waals surface area contributed by atoms with E-state index >= 15 is 0 Å². The first kappa shape index (κ1) is 23.4. The smallest absolute Gasteiger partial charge is 0.323 e. The van der Waals surface area contributed by atoms with Crippen LogP contribution in [0.5, 0.6) is 0 Å². The van der Waals surface area contributed by atoms with Crippen molar-refractivity contribution in [2.24, 2.45) is 0 Å². The molecule has 6 nitrogen and oxygen atoms in total. The summed E-state index contributed by atoms with van der Waals surface area (Å²) in [5, 5.41) is 8.04. The van der Waals surface area contributed by atoms with E-state index in [-0.39, 0.29) is 11.9 Å². The zero-order valence-electron chi connectivity index (χ0n) is 20.6. The first-order valence-corrected chi connectivity index (χ1v) is 12.3. The minimum Gasteiger partial charge on any atom is -0.368 e. The van der Waals surface area contributed by atoms with Gasteiger partial charge in [0.2, 0.25) is 0 Å². The molecule has 0 atom stereocenters. The molecule has 0 aromatic heterocycles. The van der Waals surface area contributed by atoms with E-state index in [4.69, 9.17) is 0 Å². The third kappa shape index (κ3) is 5.03. The number of benzene rings is 4. The van der Waals surface area contributed by atoms with Gasteiger partial charge in [-0.3, -0.25) is 4.79 Å². The molecule has 0 radical (unpaired) electrons. The molecule has 1 aliphatic rings. The normalized spacial score (nSPS) is 13.5. The van der Waals surface area contributed by atoms with Gasteiger partial charge in [-0.05, 0) is 78.2 Å². The Bertz CT molecular complexity index is 1410. The van der Waals surface area contributed by atoms with Crippen molar-refractivity contribution in [1.82, 2.24) is 4.90 Å². The molecule has 0 unspecified atom stereocenters. The summed E-state index contributed by atoms with van der Waals surface area (Å²) >= 11 is 0. The summed E-state index contributed by atoms with van der Waals surface area (Å²) in [5.74, 6) is 0.0785. The molecule has 1 fully saturated rings. The van der Waals surface area contributed by atoms with Crippen LogP contribution in [0.15, 0.2) is 84.9 Å². The van der Waals surface area contributed by atoms with Crippen molar-refractivity contribution >= 4 is 39.8 Å². The van der Waals surface area contributed by atoms with Crippen LogP contribution in [0, 0.1) is 13.8 Å². The molecule has 3 amide bonds. The quantitative estimate of drug-likeness (QED) is 0.375. The molecule has 0 aliphatic carbocycles. The van der Waals surface area contributed by atoms with E-state index in [1.54, 1.807) is 0 Å². The van der Waals surface area contributed by atoms with Crippen molar-refractivity contribution in [2.75, 3.05) is 41.7 Å². The van der Waals surface area contributed by atoms with Gasteiger partial charge < -0.3 is 20.4 Å². The lowest BCUT2D eigenvalue weighted by atomic mass is 10.1. The number of piperazine rings is 1. The van der Waals surface area contributed by atoms with E-state index in [0.717, 1.165) is 57.6 Å². The fourth-order valence-corrected chi connectivity index (χ4v) is 4.60. The average Bonchev–Trinajstić information content (AvgIpc) is 2.91. The van der Waals surface area contributed by atoms with Gasteiger partial charge in [-0.15, -0.1) is 0 Å². The zero-order chi connectivity index (χ0) is 25.1. The number of aryl methyl sites for hydroxylation is 1. The molecular weight excluding hydrogens is 448 g/mol. The lowest BCUT2D eigenvalue weighted by Gasteiger charge is -2.36. The van der Waals surface area contributed by atoms with Crippen molar-refractivity contribution in [3.8, 4) is 0 Å². The summed E-state index contributed by atoms with van der Waals surface area (Å²) in [4.78, 5) is 29.7. The Morgan fingerprint density at radius 2 is 1.44 bits per heavy atom. The second-order valence-electron chi connectivity index (χ2n) is 9.21. The SMILES string of the molecule is Cc1cccc(NC(=O)Nc2ccc(N3CCN(C(=O)c4ccc5ccccc5c4)CC3)cc2)c1C. The Morgan fingerprint density at radius 3 is 2.19 bits per heavy atom.